The second kappa shape index (κ2) is 6.16. The number of halogens is 2. The number of nitrogens with two attached hydrogens (primary N) is 1. The van der Waals surface area contributed by atoms with Gasteiger partial charge in [-0.15, -0.1) is 5.10 Å². The molecular formula is C15H10Cl2N6. The Bertz CT molecular complexity index is 889. The van der Waals surface area contributed by atoms with E-state index in [0.717, 1.165) is 0 Å². The predicted molar refractivity (Wildman–Crippen MR) is 90.7 cm³/mol. The number of benzene rings is 2. The molecule has 1 heterocycles. The fourth-order valence-corrected chi connectivity index (χ4v) is 2.85. The first kappa shape index (κ1) is 15.2. The summed E-state index contributed by atoms with van der Waals surface area (Å²) in [6.45, 7) is 0. The normalized spacial score (nSPS) is 10.3. The first-order chi connectivity index (χ1) is 11.1. The number of nitrogens with one attached hydrogen (secondary N) is 2. The molecule has 0 bridgehead atoms. The first-order valence-electron chi connectivity index (χ1n) is 6.52. The van der Waals surface area contributed by atoms with Crippen molar-refractivity contribution in [1.82, 2.24) is 15.2 Å². The summed E-state index contributed by atoms with van der Waals surface area (Å²) in [6.07, 6.45) is 0. The van der Waals surface area contributed by atoms with Gasteiger partial charge in [0.25, 0.3) is 0 Å². The second-order valence-corrected chi connectivity index (χ2v) is 5.46. The molecule has 114 valence electrons. The number of hydrogen-bond acceptors (Lipinski definition) is 5. The van der Waals surface area contributed by atoms with Crippen molar-refractivity contribution in [1.29, 1.82) is 5.26 Å². The molecule has 0 amide bonds. The molecule has 0 radical (unpaired) electrons. The van der Waals surface area contributed by atoms with Crippen LogP contribution in [0.3, 0.4) is 0 Å². The van der Waals surface area contributed by atoms with Crippen LogP contribution in [0.25, 0.3) is 11.1 Å². The predicted octanol–water partition coefficient (Wildman–Crippen LogP) is 3.98. The lowest BCUT2D eigenvalue weighted by atomic mass is 10.00. The van der Waals surface area contributed by atoms with Crippen LogP contribution >= 0.6 is 23.2 Å². The van der Waals surface area contributed by atoms with Crippen molar-refractivity contribution in [2.24, 2.45) is 0 Å². The van der Waals surface area contributed by atoms with Gasteiger partial charge in [0, 0.05) is 16.8 Å². The number of nitrogens with zero attached hydrogens (tertiary/aromatic N) is 3. The monoisotopic (exact) mass is 344 g/mol. The van der Waals surface area contributed by atoms with Crippen molar-refractivity contribution in [2.45, 2.75) is 0 Å². The van der Waals surface area contributed by atoms with E-state index in [4.69, 9.17) is 28.9 Å². The van der Waals surface area contributed by atoms with Crippen LogP contribution < -0.4 is 11.1 Å². The summed E-state index contributed by atoms with van der Waals surface area (Å²) in [5.41, 5.74) is 7.86. The number of nitriles is 1. The highest BCUT2D eigenvalue weighted by molar-refractivity contribution is 6.39. The Balaban J connectivity index is 2.03. The molecule has 0 aliphatic rings. The van der Waals surface area contributed by atoms with Crippen LogP contribution in [-0.4, -0.2) is 15.2 Å². The number of aromatic amines is 1. The molecule has 6 nitrogen and oxygen atoms in total. The van der Waals surface area contributed by atoms with Crippen LogP contribution in [-0.2, 0) is 0 Å². The molecule has 3 rings (SSSR count). The maximum absolute atomic E-state index is 9.23. The number of H-pyrrole nitrogens is 1. The topological polar surface area (TPSA) is 103 Å². The zero-order valence-electron chi connectivity index (χ0n) is 11.6. The largest absolute Gasteiger partial charge is 0.368 e. The van der Waals surface area contributed by atoms with Gasteiger partial charge in [-0.1, -0.05) is 41.4 Å². The van der Waals surface area contributed by atoms with Crippen LogP contribution in [0.2, 0.25) is 10.0 Å². The summed E-state index contributed by atoms with van der Waals surface area (Å²) in [6, 6.07) is 12.6. The zero-order valence-corrected chi connectivity index (χ0v) is 13.2. The molecule has 3 aromatic rings. The van der Waals surface area contributed by atoms with Crippen molar-refractivity contribution in [3.63, 3.8) is 0 Å². The molecule has 4 N–H and O–H groups in total. The third-order valence-electron chi connectivity index (χ3n) is 3.12. The van der Waals surface area contributed by atoms with Gasteiger partial charge in [0.1, 0.15) is 0 Å². The maximum atomic E-state index is 9.23. The summed E-state index contributed by atoms with van der Waals surface area (Å²) in [4.78, 5) is 3.94. The van der Waals surface area contributed by atoms with Crippen molar-refractivity contribution in [3.05, 3.63) is 52.0 Å². The van der Waals surface area contributed by atoms with Gasteiger partial charge in [0.2, 0.25) is 11.9 Å². The van der Waals surface area contributed by atoms with Gasteiger partial charge in [-0.05, 0) is 18.2 Å². The Morgan fingerprint density at radius 3 is 2.48 bits per heavy atom. The fraction of sp³-hybridized carbons (Fsp3) is 0. The average Bonchev–Trinajstić information content (AvgIpc) is 2.92. The number of hydrogen-bond donors (Lipinski definition) is 3. The Labute approximate surface area is 141 Å². The molecule has 0 aliphatic heterocycles. The average molecular weight is 345 g/mol. The Morgan fingerprint density at radius 2 is 1.87 bits per heavy atom. The van der Waals surface area contributed by atoms with Gasteiger partial charge < -0.3 is 11.1 Å². The zero-order chi connectivity index (χ0) is 16.4. The smallest absolute Gasteiger partial charge is 0.248 e. The first-order valence-corrected chi connectivity index (χ1v) is 7.27. The molecule has 0 aliphatic carbocycles. The molecule has 0 atom stereocenters. The molecule has 1 aromatic heterocycles. The maximum Gasteiger partial charge on any atom is 0.248 e. The molecule has 2 aromatic carbocycles. The number of anilines is 3. The van der Waals surface area contributed by atoms with Crippen molar-refractivity contribution in [3.8, 4) is 17.2 Å². The molecule has 0 spiro atoms. The van der Waals surface area contributed by atoms with Crippen molar-refractivity contribution >= 4 is 40.8 Å². The van der Waals surface area contributed by atoms with Gasteiger partial charge in [-0.2, -0.15) is 10.2 Å². The van der Waals surface area contributed by atoms with Gasteiger partial charge in [-0.3, -0.25) is 0 Å². The van der Waals surface area contributed by atoms with Crippen LogP contribution in [0.15, 0.2) is 36.4 Å². The van der Waals surface area contributed by atoms with E-state index in [0.29, 0.717) is 38.4 Å². The fourth-order valence-electron chi connectivity index (χ4n) is 2.16. The second-order valence-electron chi connectivity index (χ2n) is 4.64. The highest BCUT2D eigenvalue weighted by Gasteiger charge is 2.14. The van der Waals surface area contributed by atoms with Gasteiger partial charge in [-0.25, -0.2) is 5.10 Å². The van der Waals surface area contributed by atoms with E-state index >= 15 is 0 Å². The molecule has 8 heteroatoms. The third kappa shape index (κ3) is 3.06. The highest BCUT2D eigenvalue weighted by atomic mass is 35.5. The molecular weight excluding hydrogens is 335 g/mol. The molecule has 0 saturated heterocycles. The summed E-state index contributed by atoms with van der Waals surface area (Å²) < 4.78 is 0. The van der Waals surface area contributed by atoms with E-state index in [-0.39, 0.29) is 5.95 Å². The van der Waals surface area contributed by atoms with Gasteiger partial charge in [0.15, 0.2) is 0 Å². The molecule has 0 fully saturated rings. The lowest BCUT2D eigenvalue weighted by Crippen LogP contribution is -1.95. The lowest BCUT2D eigenvalue weighted by molar-refractivity contribution is 1.10. The minimum atomic E-state index is 0.198. The Morgan fingerprint density at radius 1 is 1.17 bits per heavy atom. The SMILES string of the molecule is N#Cc1ccccc1-c1c(Cl)cc(Nc2n[nH]c(N)n2)cc1Cl. The van der Waals surface area contributed by atoms with E-state index in [2.05, 4.69) is 26.6 Å². The molecule has 0 unspecified atom stereocenters. The summed E-state index contributed by atoms with van der Waals surface area (Å²) in [5, 5.41) is 19.4. The Kier molecular flexibility index (Phi) is 4.06. The number of aromatic nitrogens is 3. The molecule has 0 saturated carbocycles. The Hall–Kier alpha value is -2.75. The van der Waals surface area contributed by atoms with Crippen molar-refractivity contribution < 1.29 is 0 Å². The van der Waals surface area contributed by atoms with Crippen LogP contribution in [0.5, 0.6) is 0 Å². The number of nitrogen functional groups attached to an aromatic ring is 1. The minimum absolute atomic E-state index is 0.198. The quantitative estimate of drug-likeness (QED) is 0.666. The van der Waals surface area contributed by atoms with E-state index in [1.165, 1.54) is 0 Å². The summed E-state index contributed by atoms with van der Waals surface area (Å²) in [7, 11) is 0. The lowest BCUT2D eigenvalue weighted by Gasteiger charge is -2.11. The standard InChI is InChI=1S/C15H10Cl2N6/c16-11-5-9(20-15-21-14(19)22-23-15)6-12(17)13(11)10-4-2-1-3-8(10)7-18/h1-6H,(H4,19,20,21,22,23). The summed E-state index contributed by atoms with van der Waals surface area (Å²) in [5.74, 6) is 0.504. The molecule has 23 heavy (non-hydrogen) atoms. The highest BCUT2D eigenvalue weighted by Crippen LogP contribution is 2.39. The third-order valence-corrected chi connectivity index (χ3v) is 3.71. The van der Waals surface area contributed by atoms with E-state index in [1.807, 2.05) is 6.07 Å². The summed E-state index contributed by atoms with van der Waals surface area (Å²) >= 11 is 12.7. The van der Waals surface area contributed by atoms with Gasteiger partial charge >= 0.3 is 0 Å². The van der Waals surface area contributed by atoms with E-state index in [9.17, 15) is 5.26 Å². The van der Waals surface area contributed by atoms with E-state index < -0.39 is 0 Å². The van der Waals surface area contributed by atoms with Crippen LogP contribution in [0, 0.1) is 11.3 Å². The van der Waals surface area contributed by atoms with Gasteiger partial charge in [0.05, 0.1) is 21.7 Å². The van der Waals surface area contributed by atoms with E-state index in [1.54, 1.807) is 30.3 Å². The minimum Gasteiger partial charge on any atom is -0.368 e. The van der Waals surface area contributed by atoms with Crippen molar-refractivity contribution in [2.75, 3.05) is 11.1 Å². The van der Waals surface area contributed by atoms with Crippen LogP contribution in [0.1, 0.15) is 5.56 Å². The van der Waals surface area contributed by atoms with Crippen LogP contribution in [0.4, 0.5) is 17.6 Å². The number of rotatable bonds is 3.